The first-order valence-electron chi connectivity index (χ1n) is 4.71. The molecule has 0 bridgehead atoms. The molecule has 0 radical (unpaired) electrons. The van der Waals surface area contributed by atoms with Gasteiger partial charge in [-0.05, 0) is 19.1 Å². The summed E-state index contributed by atoms with van der Waals surface area (Å²) in [6.45, 7) is 2.56. The molecule has 0 unspecified atom stereocenters. The maximum absolute atomic E-state index is 11.9. The van der Waals surface area contributed by atoms with Gasteiger partial charge in [-0.3, -0.25) is 9.69 Å². The largest absolute Gasteiger partial charge is 0.355 e. The van der Waals surface area contributed by atoms with Gasteiger partial charge in [-0.15, -0.1) is 0 Å². The van der Waals surface area contributed by atoms with Crippen LogP contribution in [0.4, 0.5) is 0 Å². The average Bonchev–Trinajstić information content (AvgIpc) is 2.18. The van der Waals surface area contributed by atoms with Gasteiger partial charge in [0.25, 0.3) is 0 Å². The Morgan fingerprint density at radius 2 is 2.21 bits per heavy atom. The molecule has 4 heteroatoms. The van der Waals surface area contributed by atoms with Crippen LogP contribution in [0, 0.1) is 5.92 Å². The van der Waals surface area contributed by atoms with Crippen molar-refractivity contribution in [2.75, 3.05) is 6.54 Å². The van der Waals surface area contributed by atoms with Gasteiger partial charge in [-0.2, -0.15) is 0 Å². The van der Waals surface area contributed by atoms with Crippen molar-refractivity contribution in [3.05, 3.63) is 24.3 Å². The van der Waals surface area contributed by atoms with Crippen LogP contribution < -0.4 is 5.32 Å². The Morgan fingerprint density at radius 1 is 1.50 bits per heavy atom. The molecule has 1 fully saturated rings. The van der Waals surface area contributed by atoms with Crippen molar-refractivity contribution in [2.24, 2.45) is 5.92 Å². The van der Waals surface area contributed by atoms with E-state index < -0.39 is 0 Å². The molecule has 0 aromatic rings. The smallest absolute Gasteiger partial charge is 0.238 e. The van der Waals surface area contributed by atoms with Gasteiger partial charge in [0.15, 0.2) is 5.11 Å². The zero-order valence-electron chi connectivity index (χ0n) is 7.93. The minimum atomic E-state index is -0.0911. The van der Waals surface area contributed by atoms with Crippen molar-refractivity contribution in [3.63, 3.8) is 0 Å². The van der Waals surface area contributed by atoms with Crippen molar-refractivity contribution >= 4 is 23.2 Å². The van der Waals surface area contributed by atoms with E-state index in [0.717, 1.165) is 0 Å². The fourth-order valence-electron chi connectivity index (χ4n) is 1.78. The second-order valence-electron chi connectivity index (χ2n) is 3.35. The van der Waals surface area contributed by atoms with Crippen LogP contribution in [-0.2, 0) is 4.79 Å². The van der Waals surface area contributed by atoms with Crippen LogP contribution in [0.5, 0.6) is 0 Å². The molecule has 1 N–H and O–H groups in total. The Kier molecular flexibility index (Phi) is 2.37. The molecule has 1 aliphatic heterocycles. The Balaban J connectivity index is 2.26. The highest BCUT2D eigenvalue weighted by Crippen LogP contribution is 2.20. The molecule has 74 valence electrons. The summed E-state index contributed by atoms with van der Waals surface area (Å²) in [5.41, 5.74) is 0. The predicted molar refractivity (Wildman–Crippen MR) is 58.7 cm³/mol. The number of fused-ring (bicyclic) bond motifs is 1. The zero-order chi connectivity index (χ0) is 10.1. The second kappa shape index (κ2) is 3.53. The summed E-state index contributed by atoms with van der Waals surface area (Å²) in [5, 5.41) is 3.69. The van der Waals surface area contributed by atoms with Gasteiger partial charge in [0, 0.05) is 6.54 Å². The lowest BCUT2D eigenvalue weighted by Gasteiger charge is -2.37. The summed E-state index contributed by atoms with van der Waals surface area (Å²) in [6, 6.07) is 0.0443. The Labute approximate surface area is 88.5 Å². The molecule has 1 amide bonds. The maximum Gasteiger partial charge on any atom is 0.238 e. The summed E-state index contributed by atoms with van der Waals surface area (Å²) in [7, 11) is 0. The van der Waals surface area contributed by atoms with E-state index in [4.69, 9.17) is 12.2 Å². The number of rotatable bonds is 1. The first-order valence-corrected chi connectivity index (χ1v) is 5.11. The average molecular weight is 208 g/mol. The van der Waals surface area contributed by atoms with Crippen LogP contribution in [0.3, 0.4) is 0 Å². The predicted octanol–water partition coefficient (Wildman–Crippen LogP) is 0.834. The van der Waals surface area contributed by atoms with Gasteiger partial charge in [0.05, 0.1) is 12.0 Å². The molecule has 3 nitrogen and oxygen atoms in total. The molecule has 0 saturated carbocycles. The summed E-state index contributed by atoms with van der Waals surface area (Å²) in [4.78, 5) is 13.5. The first-order chi connectivity index (χ1) is 6.74. The van der Waals surface area contributed by atoms with E-state index in [0.29, 0.717) is 11.7 Å². The molecular formula is C10H12N2OS. The highest BCUT2D eigenvalue weighted by Gasteiger charge is 2.36. The second-order valence-corrected chi connectivity index (χ2v) is 3.74. The third kappa shape index (κ3) is 1.35. The van der Waals surface area contributed by atoms with Crippen LogP contribution in [0.25, 0.3) is 0 Å². The summed E-state index contributed by atoms with van der Waals surface area (Å²) in [6.07, 6.45) is 7.74. The van der Waals surface area contributed by atoms with Crippen molar-refractivity contribution in [1.29, 1.82) is 0 Å². The summed E-state index contributed by atoms with van der Waals surface area (Å²) < 4.78 is 0. The number of thiocarbonyl (C=S) groups is 1. The molecule has 0 spiro atoms. The van der Waals surface area contributed by atoms with Crippen molar-refractivity contribution in [1.82, 2.24) is 10.2 Å². The molecule has 2 aliphatic rings. The maximum atomic E-state index is 11.9. The summed E-state index contributed by atoms with van der Waals surface area (Å²) in [5.74, 6) is 0.00787. The molecule has 1 aliphatic carbocycles. The molecular weight excluding hydrogens is 196 g/mol. The Bertz CT molecular complexity index is 335. The van der Waals surface area contributed by atoms with Gasteiger partial charge < -0.3 is 5.32 Å². The molecule has 2 rings (SSSR count). The van der Waals surface area contributed by atoms with Crippen LogP contribution >= 0.6 is 12.2 Å². The van der Waals surface area contributed by atoms with Gasteiger partial charge in [-0.1, -0.05) is 24.3 Å². The highest BCUT2D eigenvalue weighted by molar-refractivity contribution is 7.80. The van der Waals surface area contributed by atoms with Crippen LogP contribution in [0.1, 0.15) is 6.92 Å². The lowest BCUT2D eigenvalue weighted by molar-refractivity contribution is -0.131. The summed E-state index contributed by atoms with van der Waals surface area (Å²) >= 11 is 5.11. The molecule has 14 heavy (non-hydrogen) atoms. The van der Waals surface area contributed by atoms with Gasteiger partial charge in [0.2, 0.25) is 5.91 Å². The van der Waals surface area contributed by atoms with Crippen molar-refractivity contribution < 1.29 is 4.79 Å². The third-order valence-electron chi connectivity index (χ3n) is 2.54. The molecule has 0 aromatic carbocycles. The zero-order valence-corrected chi connectivity index (χ0v) is 8.75. The van der Waals surface area contributed by atoms with E-state index in [1.807, 2.05) is 31.2 Å². The number of nitrogens with zero attached hydrogens (tertiary/aromatic N) is 1. The van der Waals surface area contributed by atoms with Gasteiger partial charge in [0.1, 0.15) is 0 Å². The monoisotopic (exact) mass is 208 g/mol. The van der Waals surface area contributed by atoms with E-state index in [-0.39, 0.29) is 17.9 Å². The highest BCUT2D eigenvalue weighted by atomic mass is 32.1. The van der Waals surface area contributed by atoms with Gasteiger partial charge >= 0.3 is 0 Å². The molecule has 1 heterocycles. The third-order valence-corrected chi connectivity index (χ3v) is 2.88. The molecule has 0 aromatic heterocycles. The van der Waals surface area contributed by atoms with Crippen LogP contribution in [0.2, 0.25) is 0 Å². The van der Waals surface area contributed by atoms with E-state index >= 15 is 0 Å². The minimum absolute atomic E-state index is 0.0443. The number of hydrogen-bond acceptors (Lipinski definition) is 2. The van der Waals surface area contributed by atoms with Gasteiger partial charge in [-0.25, -0.2) is 0 Å². The molecule has 1 saturated heterocycles. The minimum Gasteiger partial charge on any atom is -0.355 e. The number of hydrogen-bond donors (Lipinski definition) is 1. The number of allylic oxidation sites excluding steroid dienone is 2. The Morgan fingerprint density at radius 3 is 2.93 bits per heavy atom. The standard InChI is InChI=1S/C10H12N2OS/c1-2-12-9(13)7-5-3-4-6-8(7)11-10(12)14/h3-8H,2H2,1H3,(H,11,14)/t7-,8+/m0/s1. The lowest BCUT2D eigenvalue weighted by atomic mass is 9.92. The number of carbonyl (C=O) groups excluding carboxylic acids is 1. The van der Waals surface area contributed by atoms with Crippen molar-refractivity contribution in [2.45, 2.75) is 13.0 Å². The fraction of sp³-hybridized carbons (Fsp3) is 0.400. The van der Waals surface area contributed by atoms with Crippen LogP contribution in [-0.4, -0.2) is 28.5 Å². The lowest BCUT2D eigenvalue weighted by Crippen LogP contribution is -2.58. The van der Waals surface area contributed by atoms with Crippen LogP contribution in [0.15, 0.2) is 24.3 Å². The van der Waals surface area contributed by atoms with Crippen molar-refractivity contribution in [3.8, 4) is 0 Å². The molecule has 2 atom stereocenters. The fourth-order valence-corrected chi connectivity index (χ4v) is 2.14. The number of nitrogens with one attached hydrogen (secondary N) is 1. The number of amides is 1. The quantitative estimate of drug-likeness (QED) is 0.648. The van der Waals surface area contributed by atoms with E-state index in [1.165, 1.54) is 0 Å². The Hall–Kier alpha value is -1.16. The number of carbonyl (C=O) groups is 1. The van der Waals surface area contributed by atoms with E-state index in [9.17, 15) is 4.79 Å². The topological polar surface area (TPSA) is 32.3 Å². The SMILES string of the molecule is CCN1C(=O)[C@H]2C=CC=C[C@H]2NC1=S. The van der Waals surface area contributed by atoms with E-state index in [1.54, 1.807) is 4.90 Å². The first kappa shape index (κ1) is 9.40. The van der Waals surface area contributed by atoms with E-state index in [2.05, 4.69) is 5.32 Å². The normalized spacial score (nSPS) is 30.2.